The largest absolute Gasteiger partial charge is 0.481 e. The Morgan fingerprint density at radius 3 is 2.44 bits per heavy atom. The Morgan fingerprint density at radius 2 is 1.94 bits per heavy atom. The van der Waals surface area contributed by atoms with Gasteiger partial charge in [-0.3, -0.25) is 4.79 Å². The number of nitrogens with zero attached hydrogens (tertiary/aromatic N) is 1. The van der Waals surface area contributed by atoms with Crippen LogP contribution in [0.4, 0.5) is 0 Å². The number of amides is 1. The van der Waals surface area contributed by atoms with Crippen molar-refractivity contribution in [1.82, 2.24) is 4.90 Å². The van der Waals surface area contributed by atoms with Crippen LogP contribution in [0.1, 0.15) is 13.8 Å². The quantitative estimate of drug-likeness (QED) is 0.890. The van der Waals surface area contributed by atoms with Crippen LogP contribution in [-0.2, 0) is 4.79 Å². The molecule has 0 aliphatic rings. The second-order valence-corrected chi connectivity index (χ2v) is 4.63. The van der Waals surface area contributed by atoms with Crippen molar-refractivity contribution < 1.29 is 14.6 Å². The summed E-state index contributed by atoms with van der Waals surface area (Å²) in [5.74, 6) is 0.414. The lowest BCUT2D eigenvalue weighted by atomic mass is 10.2. The summed E-state index contributed by atoms with van der Waals surface area (Å²) in [7, 11) is 1.64. The molecule has 2 unspecified atom stereocenters. The molecule has 0 saturated heterocycles. The Labute approximate surface area is 112 Å². The van der Waals surface area contributed by atoms with Crippen molar-refractivity contribution in [3.8, 4) is 5.75 Å². The minimum Gasteiger partial charge on any atom is -0.481 e. The third kappa shape index (κ3) is 3.89. The first-order valence-electron chi connectivity index (χ1n) is 5.75. The van der Waals surface area contributed by atoms with Crippen LogP contribution in [0.2, 0.25) is 5.02 Å². The van der Waals surface area contributed by atoms with Crippen molar-refractivity contribution in [2.75, 3.05) is 13.7 Å². The molecule has 0 radical (unpaired) electrons. The van der Waals surface area contributed by atoms with E-state index < -0.39 is 6.10 Å². The van der Waals surface area contributed by atoms with Crippen molar-refractivity contribution >= 4 is 17.5 Å². The Bertz CT molecular complexity index is 394. The molecule has 1 aromatic carbocycles. The summed E-state index contributed by atoms with van der Waals surface area (Å²) in [5, 5.41) is 9.62. The Hall–Kier alpha value is -1.26. The molecule has 1 aromatic rings. The normalized spacial score (nSPS) is 13.8. The highest BCUT2D eigenvalue weighted by Crippen LogP contribution is 2.17. The van der Waals surface area contributed by atoms with Gasteiger partial charge in [0.15, 0.2) is 6.10 Å². The fourth-order valence-corrected chi connectivity index (χ4v) is 1.52. The number of likely N-dealkylation sites (N-methyl/N-ethyl adjacent to an activating group) is 1. The number of aliphatic hydroxyl groups is 1. The van der Waals surface area contributed by atoms with Gasteiger partial charge in [-0.25, -0.2) is 0 Å². The van der Waals surface area contributed by atoms with Crippen LogP contribution in [0.5, 0.6) is 5.75 Å². The number of carbonyl (C=O) groups is 1. The van der Waals surface area contributed by atoms with Gasteiger partial charge in [-0.2, -0.15) is 0 Å². The van der Waals surface area contributed by atoms with E-state index >= 15 is 0 Å². The number of hydrogen-bond donors (Lipinski definition) is 1. The number of rotatable bonds is 5. The number of aliphatic hydroxyl groups excluding tert-OH is 1. The molecule has 1 N–H and O–H groups in total. The minimum atomic E-state index is -0.606. The van der Waals surface area contributed by atoms with Crippen molar-refractivity contribution in [1.29, 1.82) is 0 Å². The Kier molecular flexibility index (Phi) is 5.44. The second kappa shape index (κ2) is 6.61. The highest BCUT2D eigenvalue weighted by molar-refractivity contribution is 6.30. The Balaban J connectivity index is 2.62. The first kappa shape index (κ1) is 14.8. The monoisotopic (exact) mass is 271 g/mol. The third-order valence-electron chi connectivity index (χ3n) is 2.75. The van der Waals surface area contributed by atoms with E-state index in [1.165, 1.54) is 4.90 Å². The maximum absolute atomic E-state index is 12.0. The van der Waals surface area contributed by atoms with Crippen molar-refractivity contribution in [3.63, 3.8) is 0 Å². The molecule has 1 amide bonds. The highest BCUT2D eigenvalue weighted by Gasteiger charge is 2.22. The van der Waals surface area contributed by atoms with E-state index in [0.29, 0.717) is 10.8 Å². The lowest BCUT2D eigenvalue weighted by Gasteiger charge is -2.26. The Morgan fingerprint density at radius 1 is 1.39 bits per heavy atom. The van der Waals surface area contributed by atoms with Gasteiger partial charge >= 0.3 is 0 Å². The second-order valence-electron chi connectivity index (χ2n) is 4.19. The number of halogens is 1. The van der Waals surface area contributed by atoms with Gasteiger partial charge in [0.05, 0.1) is 12.6 Å². The summed E-state index contributed by atoms with van der Waals surface area (Å²) < 4.78 is 5.52. The van der Waals surface area contributed by atoms with Gasteiger partial charge in [-0.15, -0.1) is 0 Å². The van der Waals surface area contributed by atoms with Crippen molar-refractivity contribution in [3.05, 3.63) is 29.3 Å². The van der Waals surface area contributed by atoms with Gasteiger partial charge in [-0.1, -0.05) is 11.6 Å². The molecule has 0 aliphatic carbocycles. The molecule has 4 nitrogen and oxygen atoms in total. The molecule has 5 heteroatoms. The number of carbonyl (C=O) groups excluding carboxylic acids is 1. The average molecular weight is 272 g/mol. The lowest BCUT2D eigenvalue weighted by Crippen LogP contribution is -2.44. The van der Waals surface area contributed by atoms with Crippen LogP contribution in [-0.4, -0.2) is 41.7 Å². The van der Waals surface area contributed by atoms with Gasteiger partial charge < -0.3 is 14.7 Å². The molecule has 0 fully saturated rings. The summed E-state index contributed by atoms with van der Waals surface area (Å²) >= 11 is 5.76. The van der Waals surface area contributed by atoms with E-state index in [2.05, 4.69) is 0 Å². The van der Waals surface area contributed by atoms with E-state index in [0.717, 1.165) is 0 Å². The van der Waals surface area contributed by atoms with Crippen molar-refractivity contribution in [2.45, 2.75) is 26.0 Å². The molecular weight excluding hydrogens is 254 g/mol. The first-order chi connectivity index (χ1) is 8.45. The molecule has 1 rings (SSSR count). The zero-order valence-corrected chi connectivity index (χ0v) is 11.5. The highest BCUT2D eigenvalue weighted by atomic mass is 35.5. The van der Waals surface area contributed by atoms with E-state index in [-0.39, 0.29) is 18.6 Å². The molecule has 0 aliphatic heterocycles. The molecule has 0 saturated carbocycles. The zero-order chi connectivity index (χ0) is 13.7. The van der Waals surface area contributed by atoms with E-state index in [4.69, 9.17) is 21.4 Å². The van der Waals surface area contributed by atoms with E-state index in [9.17, 15) is 4.79 Å². The summed E-state index contributed by atoms with van der Waals surface area (Å²) in [6, 6.07) is 6.60. The third-order valence-corrected chi connectivity index (χ3v) is 3.00. The predicted molar refractivity (Wildman–Crippen MR) is 70.9 cm³/mol. The molecule has 0 aromatic heterocycles. The standard InChI is InChI=1S/C13H18ClNO3/c1-9(8-16)15(3)13(17)10(2)18-12-6-4-11(14)5-7-12/h4-7,9-10,16H,8H2,1-3H3. The van der Waals surface area contributed by atoms with Gasteiger partial charge in [0, 0.05) is 12.1 Å². The number of ether oxygens (including phenoxy) is 1. The van der Waals surface area contributed by atoms with Crippen molar-refractivity contribution in [2.24, 2.45) is 0 Å². The first-order valence-corrected chi connectivity index (χ1v) is 6.13. The average Bonchev–Trinajstić information content (AvgIpc) is 2.38. The van der Waals surface area contributed by atoms with E-state index in [1.54, 1.807) is 45.2 Å². The summed E-state index contributed by atoms with van der Waals surface area (Å²) in [6.07, 6.45) is -0.606. The van der Waals surface area contributed by atoms with Gasteiger partial charge in [0.25, 0.3) is 5.91 Å². The summed E-state index contributed by atoms with van der Waals surface area (Å²) in [4.78, 5) is 13.5. The van der Waals surface area contributed by atoms with E-state index in [1.807, 2.05) is 0 Å². The molecule has 0 spiro atoms. The molecule has 100 valence electrons. The summed E-state index contributed by atoms with van der Waals surface area (Å²) in [6.45, 7) is 3.38. The number of hydrogen-bond acceptors (Lipinski definition) is 3. The molecular formula is C13H18ClNO3. The zero-order valence-electron chi connectivity index (χ0n) is 10.8. The lowest BCUT2D eigenvalue weighted by molar-refractivity contribution is -0.139. The van der Waals surface area contributed by atoms with Gasteiger partial charge in [0.2, 0.25) is 0 Å². The van der Waals surface area contributed by atoms with Crippen LogP contribution >= 0.6 is 11.6 Å². The predicted octanol–water partition coefficient (Wildman–Crippen LogP) is 1.95. The van der Waals surface area contributed by atoms with Crippen LogP contribution in [0, 0.1) is 0 Å². The SMILES string of the molecule is CC(Oc1ccc(Cl)cc1)C(=O)N(C)C(C)CO. The minimum absolute atomic E-state index is 0.0735. The fraction of sp³-hybridized carbons (Fsp3) is 0.462. The summed E-state index contributed by atoms with van der Waals surface area (Å²) in [5.41, 5.74) is 0. The maximum Gasteiger partial charge on any atom is 0.263 e. The molecule has 0 heterocycles. The topological polar surface area (TPSA) is 49.8 Å². The number of benzene rings is 1. The van der Waals surface area contributed by atoms with Crippen LogP contribution < -0.4 is 4.74 Å². The van der Waals surface area contributed by atoms with Gasteiger partial charge in [0.1, 0.15) is 5.75 Å². The van der Waals surface area contributed by atoms with Crippen LogP contribution in [0.3, 0.4) is 0 Å². The van der Waals surface area contributed by atoms with Crippen LogP contribution in [0.25, 0.3) is 0 Å². The molecule has 2 atom stereocenters. The molecule has 18 heavy (non-hydrogen) atoms. The van der Waals surface area contributed by atoms with Crippen LogP contribution in [0.15, 0.2) is 24.3 Å². The van der Waals surface area contributed by atoms with Gasteiger partial charge in [-0.05, 0) is 38.1 Å². The maximum atomic E-state index is 12.0. The molecule has 0 bridgehead atoms. The fourth-order valence-electron chi connectivity index (χ4n) is 1.39. The smallest absolute Gasteiger partial charge is 0.263 e.